The monoisotopic (exact) mass is 283 g/mol. The van der Waals surface area contributed by atoms with Crippen LogP contribution < -0.4 is 5.32 Å². The van der Waals surface area contributed by atoms with Gasteiger partial charge in [0.05, 0.1) is 18.2 Å². The maximum Gasteiger partial charge on any atom is 0.227 e. The summed E-state index contributed by atoms with van der Waals surface area (Å²) in [6.07, 6.45) is 5.03. The van der Waals surface area contributed by atoms with E-state index >= 15 is 0 Å². The van der Waals surface area contributed by atoms with Crippen molar-refractivity contribution in [3.8, 4) is 0 Å². The van der Waals surface area contributed by atoms with Gasteiger partial charge in [-0.15, -0.1) is 0 Å². The third kappa shape index (κ3) is 2.71. The molecule has 0 radical (unpaired) electrons. The standard InChI is InChI=1S/C17H21N3O/c1-12(13-7-4-3-5-8-13)17(21)19-15-9-6-10-16-14(15)11-18-20(16)2/h3-5,7-8,11-12,15H,6,9-10H2,1-2H3,(H,19,21). The smallest absolute Gasteiger partial charge is 0.227 e. The molecule has 4 heteroatoms. The quantitative estimate of drug-likeness (QED) is 0.941. The molecule has 0 aliphatic heterocycles. The molecule has 0 saturated heterocycles. The van der Waals surface area contributed by atoms with E-state index in [2.05, 4.69) is 10.4 Å². The topological polar surface area (TPSA) is 46.9 Å². The van der Waals surface area contributed by atoms with E-state index in [1.54, 1.807) is 0 Å². The molecule has 1 aromatic carbocycles. The minimum Gasteiger partial charge on any atom is -0.349 e. The first kappa shape index (κ1) is 13.9. The molecule has 1 N–H and O–H groups in total. The molecule has 0 spiro atoms. The lowest BCUT2D eigenvalue weighted by atomic mass is 9.92. The molecule has 1 aliphatic rings. The number of carbonyl (C=O) groups is 1. The molecule has 2 aromatic rings. The van der Waals surface area contributed by atoms with Crippen LogP contribution >= 0.6 is 0 Å². The molecule has 2 atom stereocenters. The van der Waals surface area contributed by atoms with Gasteiger partial charge in [0.2, 0.25) is 5.91 Å². The molecule has 110 valence electrons. The molecule has 2 unspecified atom stereocenters. The van der Waals surface area contributed by atoms with Crippen molar-refractivity contribution in [1.82, 2.24) is 15.1 Å². The highest BCUT2D eigenvalue weighted by molar-refractivity contribution is 5.83. The van der Waals surface area contributed by atoms with Crippen LogP contribution in [0.25, 0.3) is 0 Å². The number of hydrogen-bond acceptors (Lipinski definition) is 2. The highest BCUT2D eigenvalue weighted by Crippen LogP contribution is 2.30. The van der Waals surface area contributed by atoms with E-state index < -0.39 is 0 Å². The zero-order valence-electron chi connectivity index (χ0n) is 12.5. The van der Waals surface area contributed by atoms with E-state index in [0.717, 1.165) is 24.8 Å². The van der Waals surface area contributed by atoms with Crippen molar-refractivity contribution in [2.45, 2.75) is 38.1 Å². The fourth-order valence-corrected chi connectivity index (χ4v) is 3.05. The summed E-state index contributed by atoms with van der Waals surface area (Å²) in [4.78, 5) is 12.5. The first-order chi connectivity index (χ1) is 10.2. The van der Waals surface area contributed by atoms with Crippen LogP contribution in [0.4, 0.5) is 0 Å². The summed E-state index contributed by atoms with van der Waals surface area (Å²) in [7, 11) is 1.97. The van der Waals surface area contributed by atoms with Crippen LogP contribution in [0, 0.1) is 0 Å². The van der Waals surface area contributed by atoms with Gasteiger partial charge in [-0.05, 0) is 31.7 Å². The normalized spacial score (nSPS) is 18.9. The van der Waals surface area contributed by atoms with Gasteiger partial charge in [-0.1, -0.05) is 30.3 Å². The zero-order valence-corrected chi connectivity index (χ0v) is 12.5. The molecule has 1 aliphatic carbocycles. The lowest BCUT2D eigenvalue weighted by Crippen LogP contribution is -2.33. The number of hydrogen-bond donors (Lipinski definition) is 1. The molecule has 1 amide bonds. The van der Waals surface area contributed by atoms with Gasteiger partial charge in [-0.2, -0.15) is 5.10 Å². The van der Waals surface area contributed by atoms with Crippen LogP contribution in [0.3, 0.4) is 0 Å². The number of nitrogens with one attached hydrogen (secondary N) is 1. The van der Waals surface area contributed by atoms with E-state index in [9.17, 15) is 4.79 Å². The Bertz CT molecular complexity index is 633. The number of aryl methyl sites for hydroxylation is 1. The van der Waals surface area contributed by atoms with Gasteiger partial charge in [0.15, 0.2) is 0 Å². The second-order valence-electron chi connectivity index (χ2n) is 5.76. The molecular weight excluding hydrogens is 262 g/mol. The fraction of sp³-hybridized carbons (Fsp3) is 0.412. The van der Waals surface area contributed by atoms with Crippen molar-refractivity contribution in [3.05, 3.63) is 53.3 Å². The van der Waals surface area contributed by atoms with Crippen LogP contribution in [0.5, 0.6) is 0 Å². The van der Waals surface area contributed by atoms with Crippen LogP contribution in [-0.2, 0) is 18.3 Å². The average Bonchev–Trinajstić information content (AvgIpc) is 2.90. The summed E-state index contributed by atoms with van der Waals surface area (Å²) in [5.74, 6) is -0.0452. The summed E-state index contributed by atoms with van der Waals surface area (Å²) >= 11 is 0. The van der Waals surface area contributed by atoms with E-state index in [1.807, 2.05) is 55.2 Å². The van der Waals surface area contributed by atoms with Gasteiger partial charge in [0.25, 0.3) is 0 Å². The third-order valence-corrected chi connectivity index (χ3v) is 4.39. The number of aromatic nitrogens is 2. The number of fused-ring (bicyclic) bond motifs is 1. The predicted octanol–water partition coefficient (Wildman–Crippen LogP) is 2.72. The number of benzene rings is 1. The Morgan fingerprint density at radius 2 is 2.14 bits per heavy atom. The van der Waals surface area contributed by atoms with Gasteiger partial charge in [-0.25, -0.2) is 0 Å². The first-order valence-corrected chi connectivity index (χ1v) is 7.53. The average molecular weight is 283 g/mol. The summed E-state index contributed by atoms with van der Waals surface area (Å²) in [5.41, 5.74) is 3.48. The molecule has 0 saturated carbocycles. The Labute approximate surface area is 125 Å². The highest BCUT2D eigenvalue weighted by Gasteiger charge is 2.26. The molecule has 3 rings (SSSR count). The van der Waals surface area contributed by atoms with Crippen molar-refractivity contribution in [2.75, 3.05) is 0 Å². The van der Waals surface area contributed by atoms with E-state index in [-0.39, 0.29) is 17.9 Å². The van der Waals surface area contributed by atoms with Crippen LogP contribution in [0.15, 0.2) is 36.5 Å². The van der Waals surface area contributed by atoms with Crippen LogP contribution in [0.1, 0.15) is 48.5 Å². The van der Waals surface area contributed by atoms with Gasteiger partial charge in [0, 0.05) is 18.3 Å². The number of amides is 1. The fourth-order valence-electron chi connectivity index (χ4n) is 3.05. The number of carbonyl (C=O) groups excluding carboxylic acids is 1. The molecule has 4 nitrogen and oxygen atoms in total. The van der Waals surface area contributed by atoms with Gasteiger partial charge >= 0.3 is 0 Å². The Kier molecular flexibility index (Phi) is 3.78. The lowest BCUT2D eigenvalue weighted by molar-refractivity contribution is -0.123. The van der Waals surface area contributed by atoms with Crippen molar-refractivity contribution < 1.29 is 4.79 Å². The minimum absolute atomic E-state index is 0.0860. The van der Waals surface area contributed by atoms with Gasteiger partial charge < -0.3 is 5.32 Å². The Balaban J connectivity index is 1.74. The minimum atomic E-state index is -0.131. The second-order valence-corrected chi connectivity index (χ2v) is 5.76. The molecular formula is C17H21N3O. The van der Waals surface area contributed by atoms with E-state index in [4.69, 9.17) is 0 Å². The molecule has 1 aromatic heterocycles. The molecule has 21 heavy (non-hydrogen) atoms. The van der Waals surface area contributed by atoms with Crippen molar-refractivity contribution >= 4 is 5.91 Å². The molecule has 0 bridgehead atoms. The number of nitrogens with zero attached hydrogens (tertiary/aromatic N) is 2. The largest absolute Gasteiger partial charge is 0.349 e. The van der Waals surface area contributed by atoms with Gasteiger partial charge in [-0.3, -0.25) is 9.48 Å². The van der Waals surface area contributed by atoms with E-state index in [1.165, 1.54) is 11.3 Å². The van der Waals surface area contributed by atoms with Crippen LogP contribution in [-0.4, -0.2) is 15.7 Å². The lowest BCUT2D eigenvalue weighted by Gasteiger charge is -2.25. The maximum absolute atomic E-state index is 12.5. The second kappa shape index (κ2) is 5.72. The third-order valence-electron chi connectivity index (χ3n) is 4.39. The number of rotatable bonds is 3. The summed E-state index contributed by atoms with van der Waals surface area (Å²) in [6.45, 7) is 1.96. The maximum atomic E-state index is 12.5. The Hall–Kier alpha value is -2.10. The van der Waals surface area contributed by atoms with Crippen molar-refractivity contribution in [3.63, 3.8) is 0 Å². The highest BCUT2D eigenvalue weighted by atomic mass is 16.1. The van der Waals surface area contributed by atoms with Crippen molar-refractivity contribution in [1.29, 1.82) is 0 Å². The first-order valence-electron chi connectivity index (χ1n) is 7.53. The Morgan fingerprint density at radius 1 is 1.38 bits per heavy atom. The van der Waals surface area contributed by atoms with E-state index in [0.29, 0.717) is 0 Å². The Morgan fingerprint density at radius 3 is 2.90 bits per heavy atom. The SMILES string of the molecule is CC(C(=O)NC1CCCc2c1cnn2C)c1ccccc1. The van der Waals surface area contributed by atoms with Crippen molar-refractivity contribution in [2.24, 2.45) is 7.05 Å². The summed E-state index contributed by atoms with van der Waals surface area (Å²) < 4.78 is 1.92. The zero-order chi connectivity index (χ0) is 14.8. The summed E-state index contributed by atoms with van der Waals surface area (Å²) in [6, 6.07) is 10.0. The summed E-state index contributed by atoms with van der Waals surface area (Å²) in [5, 5.41) is 7.52. The molecule has 1 heterocycles. The van der Waals surface area contributed by atoms with Crippen LogP contribution in [0.2, 0.25) is 0 Å². The van der Waals surface area contributed by atoms with Gasteiger partial charge in [0.1, 0.15) is 0 Å². The predicted molar refractivity (Wildman–Crippen MR) is 81.9 cm³/mol. The molecule has 0 fully saturated rings.